The summed E-state index contributed by atoms with van der Waals surface area (Å²) in [7, 11) is 0. The van der Waals surface area contributed by atoms with Gasteiger partial charge in [-0.15, -0.1) is 0 Å². The monoisotopic (exact) mass is 194 g/mol. The van der Waals surface area contributed by atoms with Gasteiger partial charge in [0.25, 0.3) is 5.91 Å². The van der Waals surface area contributed by atoms with Crippen molar-refractivity contribution in [1.82, 2.24) is 10.3 Å². The van der Waals surface area contributed by atoms with Gasteiger partial charge in [-0.25, -0.2) is 0 Å². The zero-order valence-corrected chi connectivity index (χ0v) is 7.86. The molecule has 0 unspecified atom stereocenters. The lowest BCUT2D eigenvalue weighted by molar-refractivity contribution is 0.0953. The number of nitrogens with two attached hydrogens (primary N) is 2. The van der Waals surface area contributed by atoms with Crippen LogP contribution >= 0.6 is 0 Å². The molecule has 0 aromatic carbocycles. The highest BCUT2D eigenvalue weighted by Crippen LogP contribution is 2.03. The molecule has 0 radical (unpaired) electrons. The predicted molar refractivity (Wildman–Crippen MR) is 54.7 cm³/mol. The fraction of sp³-hybridized carbons (Fsp3) is 0.333. The van der Waals surface area contributed by atoms with E-state index < -0.39 is 0 Å². The van der Waals surface area contributed by atoms with Crippen LogP contribution in [0.2, 0.25) is 0 Å². The number of aromatic nitrogens is 1. The van der Waals surface area contributed by atoms with Gasteiger partial charge in [0.05, 0.1) is 11.3 Å². The third kappa shape index (κ3) is 3.02. The zero-order valence-electron chi connectivity index (χ0n) is 7.86. The van der Waals surface area contributed by atoms with Gasteiger partial charge >= 0.3 is 0 Å². The van der Waals surface area contributed by atoms with Gasteiger partial charge in [0, 0.05) is 18.9 Å². The van der Waals surface area contributed by atoms with Crippen LogP contribution < -0.4 is 16.8 Å². The van der Waals surface area contributed by atoms with Crippen LogP contribution in [0, 0.1) is 0 Å². The molecule has 0 aliphatic heterocycles. The second-order valence-corrected chi connectivity index (χ2v) is 2.91. The molecule has 1 heterocycles. The molecule has 0 saturated carbocycles. The molecule has 0 saturated heterocycles. The van der Waals surface area contributed by atoms with Crippen molar-refractivity contribution in [2.24, 2.45) is 5.73 Å². The van der Waals surface area contributed by atoms with Gasteiger partial charge in [-0.3, -0.25) is 9.78 Å². The van der Waals surface area contributed by atoms with Gasteiger partial charge in [-0.05, 0) is 19.0 Å². The quantitative estimate of drug-likeness (QED) is 0.576. The standard InChI is InChI=1S/C9H14N4O/c10-2-1-3-13-9(14)7-4-8(11)6-12-5-7/h4-6H,1-3,10-11H2,(H,13,14). The second kappa shape index (κ2) is 5.18. The van der Waals surface area contributed by atoms with Crippen molar-refractivity contribution in [3.05, 3.63) is 24.0 Å². The first-order valence-corrected chi connectivity index (χ1v) is 4.43. The molecule has 5 nitrogen and oxygen atoms in total. The largest absolute Gasteiger partial charge is 0.397 e. The highest BCUT2D eigenvalue weighted by Gasteiger charge is 2.04. The molecular formula is C9H14N4O. The molecule has 5 N–H and O–H groups in total. The lowest BCUT2D eigenvalue weighted by Gasteiger charge is -2.03. The Hall–Kier alpha value is -1.62. The van der Waals surface area contributed by atoms with Crippen molar-refractivity contribution < 1.29 is 4.79 Å². The van der Waals surface area contributed by atoms with Crippen molar-refractivity contribution in [1.29, 1.82) is 0 Å². The van der Waals surface area contributed by atoms with E-state index in [4.69, 9.17) is 11.5 Å². The average molecular weight is 194 g/mol. The molecule has 5 heteroatoms. The summed E-state index contributed by atoms with van der Waals surface area (Å²) in [6.07, 6.45) is 3.74. The summed E-state index contributed by atoms with van der Waals surface area (Å²) in [5.41, 5.74) is 11.7. The zero-order chi connectivity index (χ0) is 10.4. The number of anilines is 1. The normalized spacial score (nSPS) is 9.79. The third-order valence-electron chi connectivity index (χ3n) is 1.69. The fourth-order valence-electron chi connectivity index (χ4n) is 0.988. The third-order valence-corrected chi connectivity index (χ3v) is 1.69. The number of carbonyl (C=O) groups excluding carboxylic acids is 1. The smallest absolute Gasteiger partial charge is 0.252 e. The highest BCUT2D eigenvalue weighted by molar-refractivity contribution is 5.94. The van der Waals surface area contributed by atoms with E-state index in [1.807, 2.05) is 0 Å². The van der Waals surface area contributed by atoms with Crippen LogP contribution in [0.15, 0.2) is 18.5 Å². The summed E-state index contributed by atoms with van der Waals surface area (Å²) in [6, 6.07) is 1.59. The van der Waals surface area contributed by atoms with Crippen molar-refractivity contribution in [3.8, 4) is 0 Å². The lowest BCUT2D eigenvalue weighted by atomic mass is 10.2. The van der Waals surface area contributed by atoms with Crippen molar-refractivity contribution in [3.63, 3.8) is 0 Å². The van der Waals surface area contributed by atoms with E-state index in [1.165, 1.54) is 12.4 Å². The molecular weight excluding hydrogens is 180 g/mol. The van der Waals surface area contributed by atoms with Crippen molar-refractivity contribution >= 4 is 11.6 Å². The Balaban J connectivity index is 2.52. The Bertz CT molecular complexity index is 313. The minimum absolute atomic E-state index is 0.168. The number of nitrogen functional groups attached to an aromatic ring is 1. The summed E-state index contributed by atoms with van der Waals surface area (Å²) in [6.45, 7) is 1.14. The Kier molecular flexibility index (Phi) is 3.87. The van der Waals surface area contributed by atoms with Crippen LogP contribution in [0.1, 0.15) is 16.8 Å². The number of nitrogens with zero attached hydrogens (tertiary/aromatic N) is 1. The number of nitrogens with one attached hydrogen (secondary N) is 1. The van der Waals surface area contributed by atoms with E-state index in [-0.39, 0.29) is 5.91 Å². The maximum atomic E-state index is 11.4. The van der Waals surface area contributed by atoms with E-state index in [9.17, 15) is 4.79 Å². The van der Waals surface area contributed by atoms with Gasteiger partial charge in [-0.1, -0.05) is 0 Å². The Labute approximate surface area is 82.5 Å². The molecule has 14 heavy (non-hydrogen) atoms. The molecule has 0 spiro atoms. The van der Waals surface area contributed by atoms with E-state index >= 15 is 0 Å². The fourth-order valence-corrected chi connectivity index (χ4v) is 0.988. The molecule has 0 fully saturated rings. The number of pyridine rings is 1. The van der Waals surface area contributed by atoms with Crippen molar-refractivity contribution in [2.75, 3.05) is 18.8 Å². The number of hydrogen-bond acceptors (Lipinski definition) is 4. The van der Waals surface area contributed by atoms with E-state index in [1.54, 1.807) is 6.07 Å². The van der Waals surface area contributed by atoms with Crippen molar-refractivity contribution in [2.45, 2.75) is 6.42 Å². The minimum Gasteiger partial charge on any atom is -0.397 e. The van der Waals surface area contributed by atoms with E-state index in [0.717, 1.165) is 6.42 Å². The average Bonchev–Trinajstić information content (AvgIpc) is 2.18. The Morgan fingerprint density at radius 1 is 1.50 bits per heavy atom. The summed E-state index contributed by atoms with van der Waals surface area (Å²) in [4.78, 5) is 15.2. The topological polar surface area (TPSA) is 94.0 Å². The van der Waals surface area contributed by atoms with Crippen LogP contribution in [-0.4, -0.2) is 24.0 Å². The molecule has 1 amide bonds. The second-order valence-electron chi connectivity index (χ2n) is 2.91. The molecule has 76 valence electrons. The van der Waals surface area contributed by atoms with Gasteiger partial charge in [0.2, 0.25) is 0 Å². The maximum Gasteiger partial charge on any atom is 0.252 e. The number of rotatable bonds is 4. The minimum atomic E-state index is -0.168. The van der Waals surface area contributed by atoms with Crippen LogP contribution in [-0.2, 0) is 0 Å². The highest BCUT2D eigenvalue weighted by atomic mass is 16.1. The first-order chi connectivity index (χ1) is 6.74. The molecule has 0 atom stereocenters. The molecule has 1 aromatic heterocycles. The molecule has 0 aliphatic rings. The van der Waals surface area contributed by atoms with Crippen LogP contribution in [0.4, 0.5) is 5.69 Å². The molecule has 1 rings (SSSR count). The molecule has 0 aliphatic carbocycles. The first-order valence-electron chi connectivity index (χ1n) is 4.43. The molecule has 0 bridgehead atoms. The summed E-state index contributed by atoms with van der Waals surface area (Å²) < 4.78 is 0. The van der Waals surface area contributed by atoms with Crippen LogP contribution in [0.3, 0.4) is 0 Å². The number of amides is 1. The van der Waals surface area contributed by atoms with Crippen LogP contribution in [0.25, 0.3) is 0 Å². The Morgan fingerprint density at radius 2 is 2.29 bits per heavy atom. The van der Waals surface area contributed by atoms with Gasteiger partial charge < -0.3 is 16.8 Å². The SMILES string of the molecule is NCCCNC(=O)c1cncc(N)c1. The van der Waals surface area contributed by atoms with E-state index in [2.05, 4.69) is 10.3 Å². The predicted octanol–water partition coefficient (Wildman–Crippen LogP) is -0.258. The lowest BCUT2D eigenvalue weighted by Crippen LogP contribution is -2.26. The number of carbonyl (C=O) groups is 1. The van der Waals surface area contributed by atoms with Crippen LogP contribution in [0.5, 0.6) is 0 Å². The summed E-state index contributed by atoms with van der Waals surface area (Å²) in [5, 5.41) is 2.71. The van der Waals surface area contributed by atoms with E-state index in [0.29, 0.717) is 24.3 Å². The molecule has 1 aromatic rings. The number of hydrogen-bond donors (Lipinski definition) is 3. The maximum absolute atomic E-state index is 11.4. The summed E-state index contributed by atoms with van der Waals surface area (Å²) >= 11 is 0. The van der Waals surface area contributed by atoms with Gasteiger partial charge in [0.1, 0.15) is 0 Å². The van der Waals surface area contributed by atoms with Gasteiger partial charge in [0.15, 0.2) is 0 Å². The summed E-state index contributed by atoms with van der Waals surface area (Å²) in [5.74, 6) is -0.168. The van der Waals surface area contributed by atoms with Gasteiger partial charge in [-0.2, -0.15) is 0 Å². The first kappa shape index (κ1) is 10.5. The Morgan fingerprint density at radius 3 is 2.93 bits per heavy atom.